The lowest BCUT2D eigenvalue weighted by Crippen LogP contribution is -2.07. The van der Waals surface area contributed by atoms with Gasteiger partial charge in [0, 0.05) is 24.7 Å². The number of carbonyl (C=O) groups is 1. The van der Waals surface area contributed by atoms with Crippen molar-refractivity contribution in [2.75, 3.05) is 12.4 Å². The molecule has 0 aliphatic carbocycles. The van der Waals surface area contributed by atoms with E-state index >= 15 is 0 Å². The average Bonchev–Trinajstić information content (AvgIpc) is 2.91. The molecule has 0 atom stereocenters. The molecule has 2 aromatic rings. The standard InChI is InChI=1S/C11H12N4O2S/c1-2-17-10(16)8-18-11-12-6-4-9(14-11)15-7-3-5-13-15/h3-7H,2,8H2,1H3. The van der Waals surface area contributed by atoms with Gasteiger partial charge >= 0.3 is 5.97 Å². The maximum Gasteiger partial charge on any atom is 0.316 e. The van der Waals surface area contributed by atoms with Crippen molar-refractivity contribution in [3.63, 3.8) is 0 Å². The van der Waals surface area contributed by atoms with Crippen LogP contribution in [0, 0.1) is 0 Å². The lowest BCUT2D eigenvalue weighted by atomic mass is 10.6. The van der Waals surface area contributed by atoms with Crippen LogP contribution < -0.4 is 0 Å². The first kappa shape index (κ1) is 12.6. The minimum atomic E-state index is -0.268. The molecule has 0 unspecified atom stereocenters. The highest BCUT2D eigenvalue weighted by Crippen LogP contribution is 2.14. The lowest BCUT2D eigenvalue weighted by molar-refractivity contribution is -0.139. The van der Waals surface area contributed by atoms with E-state index in [1.165, 1.54) is 11.8 Å². The van der Waals surface area contributed by atoms with Gasteiger partial charge in [0.1, 0.15) is 0 Å². The average molecular weight is 264 g/mol. The van der Waals surface area contributed by atoms with E-state index in [1.54, 1.807) is 36.3 Å². The molecule has 0 fully saturated rings. The molecule has 2 heterocycles. The number of ether oxygens (including phenoxy) is 1. The summed E-state index contributed by atoms with van der Waals surface area (Å²) in [5.74, 6) is 0.605. The van der Waals surface area contributed by atoms with Crippen LogP contribution in [-0.4, -0.2) is 38.1 Å². The van der Waals surface area contributed by atoms with E-state index in [1.807, 2.05) is 6.07 Å². The van der Waals surface area contributed by atoms with E-state index < -0.39 is 0 Å². The summed E-state index contributed by atoms with van der Waals surface area (Å²) < 4.78 is 6.47. The highest BCUT2D eigenvalue weighted by atomic mass is 32.2. The van der Waals surface area contributed by atoms with Crippen LogP contribution >= 0.6 is 11.8 Å². The van der Waals surface area contributed by atoms with Gasteiger partial charge < -0.3 is 4.74 Å². The Balaban J connectivity index is 2.02. The molecule has 0 bridgehead atoms. The van der Waals surface area contributed by atoms with Crippen molar-refractivity contribution in [2.45, 2.75) is 12.1 Å². The van der Waals surface area contributed by atoms with Gasteiger partial charge in [-0.05, 0) is 13.0 Å². The molecule has 0 saturated heterocycles. The van der Waals surface area contributed by atoms with Crippen molar-refractivity contribution in [3.05, 3.63) is 30.7 Å². The molecule has 6 nitrogen and oxygen atoms in total. The molecule has 0 spiro atoms. The fraction of sp³-hybridized carbons (Fsp3) is 0.273. The number of rotatable bonds is 5. The molecule has 0 aliphatic rings. The van der Waals surface area contributed by atoms with E-state index in [0.717, 1.165) is 0 Å². The van der Waals surface area contributed by atoms with Crippen molar-refractivity contribution in [3.8, 4) is 5.82 Å². The second-order valence-corrected chi connectivity index (χ2v) is 4.18. The zero-order valence-corrected chi connectivity index (χ0v) is 10.6. The molecule has 2 aromatic heterocycles. The summed E-state index contributed by atoms with van der Waals surface area (Å²) in [6.07, 6.45) is 5.10. The van der Waals surface area contributed by atoms with Crippen LogP contribution in [0.25, 0.3) is 5.82 Å². The van der Waals surface area contributed by atoms with Gasteiger partial charge in [0.05, 0.1) is 12.4 Å². The molecule has 2 rings (SSSR count). The van der Waals surface area contributed by atoms with Crippen LogP contribution in [0.15, 0.2) is 35.9 Å². The Morgan fingerprint density at radius 2 is 2.39 bits per heavy atom. The third kappa shape index (κ3) is 3.30. The number of aromatic nitrogens is 4. The largest absolute Gasteiger partial charge is 0.465 e. The minimum Gasteiger partial charge on any atom is -0.465 e. The first-order valence-electron chi connectivity index (χ1n) is 5.41. The quantitative estimate of drug-likeness (QED) is 0.461. The predicted molar refractivity (Wildman–Crippen MR) is 66.5 cm³/mol. The van der Waals surface area contributed by atoms with Gasteiger partial charge in [0.2, 0.25) is 0 Å². The fourth-order valence-corrected chi connectivity index (χ4v) is 1.88. The normalized spacial score (nSPS) is 10.3. The minimum absolute atomic E-state index is 0.205. The van der Waals surface area contributed by atoms with Crippen LogP contribution in [0.3, 0.4) is 0 Å². The van der Waals surface area contributed by atoms with Gasteiger partial charge in [0.15, 0.2) is 11.0 Å². The smallest absolute Gasteiger partial charge is 0.316 e. The van der Waals surface area contributed by atoms with E-state index in [2.05, 4.69) is 15.1 Å². The summed E-state index contributed by atoms with van der Waals surface area (Å²) in [4.78, 5) is 19.6. The number of esters is 1. The van der Waals surface area contributed by atoms with Crippen LogP contribution in [0.2, 0.25) is 0 Å². The molecular weight excluding hydrogens is 252 g/mol. The van der Waals surface area contributed by atoms with Gasteiger partial charge in [-0.25, -0.2) is 14.6 Å². The van der Waals surface area contributed by atoms with E-state index in [4.69, 9.17) is 4.74 Å². The summed E-state index contributed by atoms with van der Waals surface area (Å²) in [5.41, 5.74) is 0. The highest BCUT2D eigenvalue weighted by Gasteiger charge is 2.06. The molecule has 0 saturated carbocycles. The molecule has 0 amide bonds. The summed E-state index contributed by atoms with van der Waals surface area (Å²) in [5, 5.41) is 4.60. The van der Waals surface area contributed by atoms with Crippen molar-refractivity contribution in [1.29, 1.82) is 0 Å². The van der Waals surface area contributed by atoms with Gasteiger partial charge in [-0.3, -0.25) is 4.79 Å². The summed E-state index contributed by atoms with van der Waals surface area (Å²) in [7, 11) is 0. The first-order chi connectivity index (χ1) is 8.79. The Hall–Kier alpha value is -1.89. The molecular formula is C11H12N4O2S. The Kier molecular flexibility index (Phi) is 4.30. The van der Waals surface area contributed by atoms with Gasteiger partial charge in [0.25, 0.3) is 0 Å². The second kappa shape index (κ2) is 6.15. The molecule has 7 heteroatoms. The zero-order valence-electron chi connectivity index (χ0n) is 9.81. The monoisotopic (exact) mass is 264 g/mol. The van der Waals surface area contributed by atoms with Crippen LogP contribution in [0.5, 0.6) is 0 Å². The van der Waals surface area contributed by atoms with Crippen LogP contribution in [0.1, 0.15) is 6.92 Å². The zero-order chi connectivity index (χ0) is 12.8. The molecule has 0 N–H and O–H groups in total. The summed E-state index contributed by atoms with van der Waals surface area (Å²) in [6.45, 7) is 2.16. The molecule has 94 valence electrons. The predicted octanol–water partition coefficient (Wildman–Crippen LogP) is 1.32. The van der Waals surface area contributed by atoms with E-state index in [0.29, 0.717) is 17.6 Å². The first-order valence-corrected chi connectivity index (χ1v) is 6.39. The van der Waals surface area contributed by atoms with E-state index in [9.17, 15) is 4.79 Å². The van der Waals surface area contributed by atoms with Crippen molar-refractivity contribution < 1.29 is 9.53 Å². The van der Waals surface area contributed by atoms with Gasteiger partial charge in [-0.1, -0.05) is 11.8 Å². The van der Waals surface area contributed by atoms with Crippen molar-refractivity contribution in [1.82, 2.24) is 19.7 Å². The van der Waals surface area contributed by atoms with Crippen molar-refractivity contribution in [2.24, 2.45) is 0 Å². The summed E-state index contributed by atoms with van der Waals surface area (Å²) in [6, 6.07) is 3.56. The Bertz CT molecular complexity index is 516. The topological polar surface area (TPSA) is 69.9 Å². The van der Waals surface area contributed by atoms with Crippen LogP contribution in [0.4, 0.5) is 0 Å². The highest BCUT2D eigenvalue weighted by molar-refractivity contribution is 7.99. The number of nitrogens with zero attached hydrogens (tertiary/aromatic N) is 4. The number of hydrogen-bond acceptors (Lipinski definition) is 6. The number of thioether (sulfide) groups is 1. The van der Waals surface area contributed by atoms with Gasteiger partial charge in [-0.2, -0.15) is 5.10 Å². The SMILES string of the molecule is CCOC(=O)CSc1nccc(-n2cccn2)n1. The second-order valence-electron chi connectivity index (χ2n) is 3.24. The van der Waals surface area contributed by atoms with E-state index in [-0.39, 0.29) is 11.7 Å². The van der Waals surface area contributed by atoms with Crippen LogP contribution in [-0.2, 0) is 9.53 Å². The fourth-order valence-electron chi connectivity index (χ4n) is 1.26. The third-order valence-electron chi connectivity index (χ3n) is 1.98. The van der Waals surface area contributed by atoms with Gasteiger partial charge in [-0.15, -0.1) is 0 Å². The molecule has 0 aliphatic heterocycles. The Morgan fingerprint density at radius 1 is 1.50 bits per heavy atom. The molecule has 0 radical (unpaired) electrons. The Labute approximate surface area is 108 Å². The molecule has 18 heavy (non-hydrogen) atoms. The van der Waals surface area contributed by atoms with Crippen molar-refractivity contribution >= 4 is 17.7 Å². The molecule has 0 aromatic carbocycles. The maximum absolute atomic E-state index is 11.2. The summed E-state index contributed by atoms with van der Waals surface area (Å²) >= 11 is 1.24. The number of carbonyl (C=O) groups excluding carboxylic acids is 1. The number of hydrogen-bond donors (Lipinski definition) is 0. The lowest BCUT2D eigenvalue weighted by Gasteiger charge is -2.03. The maximum atomic E-state index is 11.2. The third-order valence-corrected chi connectivity index (χ3v) is 2.82. The Morgan fingerprint density at radius 3 is 3.11 bits per heavy atom.